The van der Waals surface area contributed by atoms with Crippen molar-refractivity contribution in [3.63, 3.8) is 0 Å². The van der Waals surface area contributed by atoms with Crippen LogP contribution in [-0.4, -0.2) is 28.6 Å². The summed E-state index contributed by atoms with van der Waals surface area (Å²) in [6.07, 6.45) is 0.407. The third-order valence-electron chi connectivity index (χ3n) is 4.43. The number of imide groups is 1. The molecule has 0 unspecified atom stereocenters. The molecule has 0 aliphatic carbocycles. The summed E-state index contributed by atoms with van der Waals surface area (Å²) in [5, 5.41) is 5.77. The van der Waals surface area contributed by atoms with Crippen LogP contribution in [0.15, 0.2) is 42.5 Å². The van der Waals surface area contributed by atoms with E-state index in [0.29, 0.717) is 27.6 Å². The fraction of sp³-hybridized carbons (Fsp3) is 0.150. The van der Waals surface area contributed by atoms with Crippen LogP contribution in [-0.2, 0) is 9.59 Å². The summed E-state index contributed by atoms with van der Waals surface area (Å²) in [6.45, 7) is 1.48. The lowest BCUT2D eigenvalue weighted by Crippen LogP contribution is -2.28. The Labute approximate surface area is 169 Å². The molecule has 0 atom stereocenters. The van der Waals surface area contributed by atoms with Crippen molar-refractivity contribution >= 4 is 61.7 Å². The van der Waals surface area contributed by atoms with Gasteiger partial charge in [-0.2, -0.15) is 0 Å². The number of rotatable bonds is 4. The lowest BCUT2D eigenvalue weighted by Gasteiger charge is -2.08. The van der Waals surface area contributed by atoms with Crippen molar-refractivity contribution in [2.24, 2.45) is 0 Å². The molecule has 0 spiro atoms. The normalized spacial score (nSPS) is 13.8. The van der Waals surface area contributed by atoms with Crippen molar-refractivity contribution in [2.75, 3.05) is 15.5 Å². The molecule has 146 valence electrons. The first kappa shape index (κ1) is 18.8. The first-order chi connectivity index (χ1) is 13.9. The summed E-state index contributed by atoms with van der Waals surface area (Å²) < 4.78 is 0.746. The van der Waals surface area contributed by atoms with Crippen LogP contribution < -0.4 is 15.5 Å². The fourth-order valence-corrected chi connectivity index (χ4v) is 4.00. The Hall–Kier alpha value is -3.59. The van der Waals surface area contributed by atoms with E-state index >= 15 is 0 Å². The van der Waals surface area contributed by atoms with Crippen molar-refractivity contribution in [2.45, 2.75) is 19.8 Å². The summed E-state index contributed by atoms with van der Waals surface area (Å²) in [7, 11) is 0. The van der Waals surface area contributed by atoms with Gasteiger partial charge in [0.2, 0.25) is 11.8 Å². The molecule has 0 saturated carbocycles. The van der Waals surface area contributed by atoms with E-state index in [1.807, 2.05) is 0 Å². The van der Waals surface area contributed by atoms with Gasteiger partial charge in [-0.3, -0.25) is 14.4 Å². The zero-order valence-corrected chi connectivity index (χ0v) is 16.2. The lowest BCUT2D eigenvalue weighted by molar-refractivity contribution is -0.121. The smallest absolute Gasteiger partial charge is 0.308 e. The van der Waals surface area contributed by atoms with Crippen LogP contribution >= 0.6 is 11.3 Å². The molecule has 1 aliphatic heterocycles. The third-order valence-corrected chi connectivity index (χ3v) is 5.43. The van der Waals surface area contributed by atoms with Gasteiger partial charge in [-0.05, 0) is 49.4 Å². The minimum absolute atomic E-state index is 0.0458. The summed E-state index contributed by atoms with van der Waals surface area (Å²) in [5.74, 6) is -0.541. The second-order valence-corrected chi connectivity index (χ2v) is 7.52. The van der Waals surface area contributed by atoms with Gasteiger partial charge in [0.25, 0.3) is 0 Å². The van der Waals surface area contributed by atoms with Gasteiger partial charge in [0.15, 0.2) is 10.9 Å². The molecule has 9 heteroatoms. The first-order valence-electron chi connectivity index (χ1n) is 8.86. The molecule has 2 aromatic carbocycles. The van der Waals surface area contributed by atoms with E-state index in [4.69, 9.17) is 0 Å². The van der Waals surface area contributed by atoms with E-state index in [-0.39, 0.29) is 30.4 Å². The molecule has 3 aromatic rings. The number of hydrogen-bond acceptors (Lipinski definition) is 6. The van der Waals surface area contributed by atoms with Gasteiger partial charge in [0.05, 0.1) is 10.2 Å². The number of fused-ring (bicyclic) bond motifs is 1. The Bertz CT molecular complexity index is 1140. The van der Waals surface area contributed by atoms with Crippen LogP contribution in [0.3, 0.4) is 0 Å². The van der Waals surface area contributed by atoms with Crippen LogP contribution in [0.4, 0.5) is 21.3 Å². The minimum atomic E-state index is -0.436. The molecular formula is C20H16N4O4S. The number of carbonyl (C=O) groups excluding carboxylic acids is 4. The van der Waals surface area contributed by atoms with E-state index < -0.39 is 6.03 Å². The Morgan fingerprint density at radius 2 is 1.59 bits per heavy atom. The molecule has 1 aliphatic rings. The van der Waals surface area contributed by atoms with Gasteiger partial charge >= 0.3 is 6.03 Å². The molecular weight excluding hydrogens is 392 g/mol. The number of amides is 4. The molecule has 2 heterocycles. The number of nitrogens with zero attached hydrogens (tertiary/aromatic N) is 2. The summed E-state index contributed by atoms with van der Waals surface area (Å²) in [5.41, 5.74) is 2.31. The van der Waals surface area contributed by atoms with Gasteiger partial charge in [0.1, 0.15) is 0 Å². The summed E-state index contributed by atoms with van der Waals surface area (Å²) in [4.78, 5) is 52.8. The molecule has 0 radical (unpaired) electrons. The van der Waals surface area contributed by atoms with Crippen LogP contribution in [0.1, 0.15) is 30.1 Å². The van der Waals surface area contributed by atoms with Crippen LogP contribution in [0, 0.1) is 0 Å². The standard InChI is InChI=1S/C20H16N4O4S/c1-11(25)12-2-4-13(5-3-12)21-19(28)22-14-6-7-15-16(10-14)29-20(23-15)24-17(26)8-9-18(24)27/h2-7,10H,8-9H2,1H3,(H2,21,22,28). The Morgan fingerprint density at radius 1 is 0.966 bits per heavy atom. The molecule has 1 saturated heterocycles. The predicted molar refractivity (Wildman–Crippen MR) is 110 cm³/mol. The van der Waals surface area contributed by atoms with Gasteiger partial charge in [-0.15, -0.1) is 0 Å². The van der Waals surface area contributed by atoms with Gasteiger partial charge in [0, 0.05) is 29.8 Å². The number of nitrogens with one attached hydrogen (secondary N) is 2. The van der Waals surface area contributed by atoms with E-state index in [1.165, 1.54) is 18.3 Å². The monoisotopic (exact) mass is 408 g/mol. The summed E-state index contributed by atoms with van der Waals surface area (Å²) >= 11 is 1.22. The quantitative estimate of drug-likeness (QED) is 0.504. The molecule has 4 amide bonds. The van der Waals surface area contributed by atoms with Crippen LogP contribution in [0.25, 0.3) is 10.2 Å². The van der Waals surface area contributed by atoms with Crippen molar-refractivity contribution < 1.29 is 19.2 Å². The highest BCUT2D eigenvalue weighted by Gasteiger charge is 2.32. The molecule has 1 aromatic heterocycles. The van der Waals surface area contributed by atoms with E-state index in [9.17, 15) is 19.2 Å². The molecule has 8 nitrogen and oxygen atoms in total. The van der Waals surface area contributed by atoms with E-state index in [1.54, 1.807) is 42.5 Å². The highest BCUT2D eigenvalue weighted by Crippen LogP contribution is 2.33. The number of Topliss-reactive ketones (excluding diaryl/α,β-unsaturated/α-hetero) is 1. The maximum absolute atomic E-state index is 12.2. The molecule has 4 rings (SSSR count). The Balaban J connectivity index is 1.48. The second kappa shape index (κ2) is 7.44. The maximum atomic E-state index is 12.2. The highest BCUT2D eigenvalue weighted by molar-refractivity contribution is 7.22. The van der Waals surface area contributed by atoms with Crippen molar-refractivity contribution in [1.82, 2.24) is 4.98 Å². The van der Waals surface area contributed by atoms with Crippen molar-refractivity contribution in [3.8, 4) is 0 Å². The Kier molecular flexibility index (Phi) is 4.81. The largest absolute Gasteiger partial charge is 0.323 e. The first-order valence-corrected chi connectivity index (χ1v) is 9.68. The minimum Gasteiger partial charge on any atom is -0.308 e. The molecule has 29 heavy (non-hydrogen) atoms. The summed E-state index contributed by atoms with van der Waals surface area (Å²) in [6, 6.07) is 11.3. The fourth-order valence-electron chi connectivity index (χ4n) is 2.96. The zero-order valence-electron chi connectivity index (χ0n) is 15.4. The predicted octanol–water partition coefficient (Wildman–Crippen LogP) is 3.80. The number of urea groups is 1. The molecule has 0 bridgehead atoms. The number of aromatic nitrogens is 1. The van der Waals surface area contributed by atoms with Crippen molar-refractivity contribution in [3.05, 3.63) is 48.0 Å². The lowest BCUT2D eigenvalue weighted by atomic mass is 10.1. The van der Waals surface area contributed by atoms with Gasteiger partial charge in [-0.1, -0.05) is 11.3 Å². The number of hydrogen-bond donors (Lipinski definition) is 2. The van der Waals surface area contributed by atoms with Gasteiger partial charge < -0.3 is 10.6 Å². The molecule has 2 N–H and O–H groups in total. The van der Waals surface area contributed by atoms with Crippen LogP contribution in [0.2, 0.25) is 0 Å². The number of benzene rings is 2. The molecule has 1 fully saturated rings. The second-order valence-electron chi connectivity index (χ2n) is 6.51. The van der Waals surface area contributed by atoms with Gasteiger partial charge in [-0.25, -0.2) is 14.7 Å². The van der Waals surface area contributed by atoms with E-state index in [2.05, 4.69) is 15.6 Å². The van der Waals surface area contributed by atoms with Crippen LogP contribution in [0.5, 0.6) is 0 Å². The number of anilines is 3. The van der Waals surface area contributed by atoms with E-state index in [0.717, 1.165) is 9.60 Å². The zero-order chi connectivity index (χ0) is 20.5. The average molecular weight is 408 g/mol. The third kappa shape index (κ3) is 3.85. The topological polar surface area (TPSA) is 108 Å². The van der Waals surface area contributed by atoms with Crippen molar-refractivity contribution in [1.29, 1.82) is 0 Å². The maximum Gasteiger partial charge on any atom is 0.323 e. The number of thiazole rings is 1. The SMILES string of the molecule is CC(=O)c1ccc(NC(=O)Nc2ccc3nc(N4C(=O)CCC4=O)sc3c2)cc1. The number of carbonyl (C=O) groups is 4. The highest BCUT2D eigenvalue weighted by atomic mass is 32.1. The Morgan fingerprint density at radius 3 is 2.24 bits per heavy atom. The number of ketones is 1. The average Bonchev–Trinajstić information content (AvgIpc) is 3.24.